The largest absolute Gasteiger partial charge is 0.464 e. The molecule has 0 fully saturated rings. The van der Waals surface area contributed by atoms with Crippen LogP contribution in [0.1, 0.15) is 28.4 Å². The van der Waals surface area contributed by atoms with Crippen molar-refractivity contribution in [2.45, 2.75) is 6.10 Å². The molecule has 0 aliphatic carbocycles. The van der Waals surface area contributed by atoms with E-state index in [0.717, 1.165) is 0 Å². The number of nitriles is 2. The second-order valence-electron chi connectivity index (χ2n) is 4.73. The summed E-state index contributed by atoms with van der Waals surface area (Å²) in [5, 5.41) is 29.4. The minimum absolute atomic E-state index is 0.190. The summed E-state index contributed by atoms with van der Waals surface area (Å²) in [5.41, 5.74) is 1.69. The molecule has 6 nitrogen and oxygen atoms in total. The average molecular weight is 302 g/mol. The van der Waals surface area contributed by atoms with Gasteiger partial charge in [-0.1, -0.05) is 6.07 Å². The van der Waals surface area contributed by atoms with Crippen LogP contribution in [-0.4, -0.2) is 15.1 Å². The third-order valence-corrected chi connectivity index (χ3v) is 3.43. The van der Waals surface area contributed by atoms with Gasteiger partial charge >= 0.3 is 0 Å². The summed E-state index contributed by atoms with van der Waals surface area (Å²) in [5.74, 6) is 0.400. The van der Waals surface area contributed by atoms with Gasteiger partial charge in [-0.05, 0) is 18.2 Å². The van der Waals surface area contributed by atoms with E-state index < -0.39 is 6.10 Å². The van der Waals surface area contributed by atoms with Gasteiger partial charge in [-0.3, -0.25) is 0 Å². The van der Waals surface area contributed by atoms with Crippen molar-refractivity contribution in [3.05, 3.63) is 71.5 Å². The second kappa shape index (κ2) is 6.10. The highest BCUT2D eigenvalue weighted by Gasteiger charge is 2.22. The maximum atomic E-state index is 10.5. The third-order valence-electron chi connectivity index (χ3n) is 3.43. The molecule has 2 aromatic heterocycles. The lowest BCUT2D eigenvalue weighted by Crippen LogP contribution is -2.05. The van der Waals surface area contributed by atoms with Crippen molar-refractivity contribution in [1.82, 2.24) is 9.97 Å². The molecule has 0 spiro atoms. The van der Waals surface area contributed by atoms with Crippen LogP contribution in [0.25, 0.3) is 11.3 Å². The Balaban J connectivity index is 2.23. The van der Waals surface area contributed by atoms with Gasteiger partial charge in [-0.15, -0.1) is 0 Å². The molecular formula is C17H10N4O2. The highest BCUT2D eigenvalue weighted by molar-refractivity contribution is 5.75. The Bertz CT molecular complexity index is 906. The van der Waals surface area contributed by atoms with Crippen molar-refractivity contribution < 1.29 is 9.52 Å². The maximum Gasteiger partial charge on any atom is 0.136 e. The molecule has 1 atom stereocenters. The molecule has 0 aliphatic rings. The van der Waals surface area contributed by atoms with E-state index in [4.69, 9.17) is 4.42 Å². The molecule has 6 heteroatoms. The molecule has 0 saturated heterocycles. The number of aliphatic hydroxyl groups is 1. The van der Waals surface area contributed by atoms with Crippen LogP contribution in [0, 0.1) is 22.7 Å². The molecule has 1 unspecified atom stereocenters. The predicted molar refractivity (Wildman–Crippen MR) is 79.7 cm³/mol. The van der Waals surface area contributed by atoms with Gasteiger partial charge in [0.25, 0.3) is 0 Å². The number of aromatic nitrogens is 2. The zero-order chi connectivity index (χ0) is 16.2. The van der Waals surface area contributed by atoms with Crippen molar-refractivity contribution in [3.8, 4) is 23.5 Å². The van der Waals surface area contributed by atoms with Crippen LogP contribution in [-0.2, 0) is 0 Å². The van der Waals surface area contributed by atoms with E-state index in [1.54, 1.807) is 24.3 Å². The van der Waals surface area contributed by atoms with Crippen LogP contribution in [0.2, 0.25) is 0 Å². The zero-order valence-electron chi connectivity index (χ0n) is 11.8. The standard InChI is InChI=1S/C17H10N4O2/c18-6-11-3-4-13(17(22)12-8-20-10-21-9-12)14(7-19)16(11)15-2-1-5-23-15/h1-5,8-10,17,22H. The quantitative estimate of drug-likeness (QED) is 0.796. The Morgan fingerprint density at radius 1 is 1.09 bits per heavy atom. The van der Waals surface area contributed by atoms with Gasteiger partial charge in [-0.25, -0.2) is 9.97 Å². The molecule has 3 aromatic rings. The van der Waals surface area contributed by atoms with E-state index in [-0.39, 0.29) is 5.56 Å². The number of nitrogens with zero attached hydrogens (tertiary/aromatic N) is 4. The molecule has 0 amide bonds. The van der Waals surface area contributed by atoms with Gasteiger partial charge in [0.15, 0.2) is 0 Å². The lowest BCUT2D eigenvalue weighted by Gasteiger charge is -2.15. The lowest BCUT2D eigenvalue weighted by atomic mass is 9.91. The van der Waals surface area contributed by atoms with Crippen LogP contribution in [0.4, 0.5) is 0 Å². The fourth-order valence-corrected chi connectivity index (χ4v) is 2.37. The number of aliphatic hydroxyl groups excluding tert-OH is 1. The average Bonchev–Trinajstić information content (AvgIpc) is 3.14. The molecule has 2 heterocycles. The first-order valence-corrected chi connectivity index (χ1v) is 6.70. The molecule has 0 saturated carbocycles. The Kier molecular flexibility index (Phi) is 3.84. The molecule has 0 aliphatic heterocycles. The normalized spacial score (nSPS) is 11.4. The van der Waals surface area contributed by atoms with E-state index in [9.17, 15) is 15.6 Å². The molecule has 1 N–H and O–H groups in total. The molecule has 0 bridgehead atoms. The van der Waals surface area contributed by atoms with Gasteiger partial charge in [0.2, 0.25) is 0 Å². The molecule has 0 radical (unpaired) electrons. The van der Waals surface area contributed by atoms with Crippen LogP contribution in [0.5, 0.6) is 0 Å². The topological polar surface area (TPSA) is 107 Å². The summed E-state index contributed by atoms with van der Waals surface area (Å²) in [6.07, 6.45) is 4.69. The smallest absolute Gasteiger partial charge is 0.136 e. The summed E-state index contributed by atoms with van der Waals surface area (Å²) in [7, 11) is 0. The first-order valence-electron chi connectivity index (χ1n) is 6.70. The monoisotopic (exact) mass is 302 g/mol. The zero-order valence-corrected chi connectivity index (χ0v) is 11.8. The van der Waals surface area contributed by atoms with Crippen LogP contribution in [0.3, 0.4) is 0 Å². The lowest BCUT2D eigenvalue weighted by molar-refractivity contribution is 0.219. The number of rotatable bonds is 3. The Morgan fingerprint density at radius 2 is 1.87 bits per heavy atom. The van der Waals surface area contributed by atoms with Crippen molar-refractivity contribution in [2.24, 2.45) is 0 Å². The Hall–Kier alpha value is -3.48. The van der Waals surface area contributed by atoms with E-state index in [1.165, 1.54) is 25.0 Å². The summed E-state index contributed by atoms with van der Waals surface area (Å²) in [4.78, 5) is 7.74. The Labute approximate surface area is 131 Å². The minimum Gasteiger partial charge on any atom is -0.464 e. The van der Waals surface area contributed by atoms with Crippen molar-refractivity contribution in [2.75, 3.05) is 0 Å². The molecule has 23 heavy (non-hydrogen) atoms. The van der Waals surface area contributed by atoms with Crippen LogP contribution >= 0.6 is 0 Å². The van der Waals surface area contributed by atoms with Gasteiger partial charge in [0, 0.05) is 23.5 Å². The van der Waals surface area contributed by atoms with Crippen LogP contribution in [0.15, 0.2) is 53.7 Å². The minimum atomic E-state index is -1.08. The van der Waals surface area contributed by atoms with Crippen LogP contribution < -0.4 is 0 Å². The Morgan fingerprint density at radius 3 is 2.48 bits per heavy atom. The molecular weight excluding hydrogens is 292 g/mol. The molecule has 1 aromatic carbocycles. The third kappa shape index (κ3) is 2.55. The molecule has 110 valence electrons. The van der Waals surface area contributed by atoms with Crippen molar-refractivity contribution >= 4 is 0 Å². The van der Waals surface area contributed by atoms with Crippen molar-refractivity contribution in [1.29, 1.82) is 10.5 Å². The maximum absolute atomic E-state index is 10.5. The van der Waals surface area contributed by atoms with Gasteiger partial charge in [-0.2, -0.15) is 10.5 Å². The second-order valence-corrected chi connectivity index (χ2v) is 4.73. The van der Waals surface area contributed by atoms with E-state index >= 15 is 0 Å². The highest BCUT2D eigenvalue weighted by Crippen LogP contribution is 2.34. The molecule has 3 rings (SSSR count). The van der Waals surface area contributed by atoms with Gasteiger partial charge in [0.1, 0.15) is 24.3 Å². The SMILES string of the molecule is N#Cc1ccc(C(O)c2cncnc2)c(C#N)c1-c1ccco1. The fourth-order valence-electron chi connectivity index (χ4n) is 2.37. The summed E-state index contributed by atoms with van der Waals surface area (Å²) >= 11 is 0. The van der Waals surface area contributed by atoms with Gasteiger partial charge in [0.05, 0.1) is 29.0 Å². The van der Waals surface area contributed by atoms with Crippen molar-refractivity contribution in [3.63, 3.8) is 0 Å². The number of hydrogen-bond acceptors (Lipinski definition) is 6. The first kappa shape index (κ1) is 14.5. The predicted octanol–water partition coefficient (Wildman–Crippen LogP) is 2.56. The summed E-state index contributed by atoms with van der Waals surface area (Å²) in [6.45, 7) is 0. The van der Waals surface area contributed by atoms with E-state index in [2.05, 4.69) is 16.0 Å². The number of furan rings is 1. The number of hydrogen-bond donors (Lipinski definition) is 1. The number of benzene rings is 1. The van der Waals surface area contributed by atoms with E-state index in [1.807, 2.05) is 6.07 Å². The fraction of sp³-hybridized carbons (Fsp3) is 0.0588. The van der Waals surface area contributed by atoms with Gasteiger partial charge < -0.3 is 9.52 Å². The first-order chi connectivity index (χ1) is 11.3. The summed E-state index contributed by atoms with van der Waals surface area (Å²) < 4.78 is 5.34. The van der Waals surface area contributed by atoms with E-state index in [0.29, 0.717) is 28.0 Å². The highest BCUT2D eigenvalue weighted by atomic mass is 16.3. The summed E-state index contributed by atoms with van der Waals surface area (Å²) in [6, 6.07) is 10.6.